The van der Waals surface area contributed by atoms with E-state index in [0.29, 0.717) is 17.9 Å². The van der Waals surface area contributed by atoms with Crippen molar-refractivity contribution >= 4 is 11.3 Å². The third-order valence-corrected chi connectivity index (χ3v) is 2.46. The van der Waals surface area contributed by atoms with Gasteiger partial charge in [0, 0.05) is 25.0 Å². The van der Waals surface area contributed by atoms with E-state index in [1.165, 1.54) is 16.9 Å². The fourth-order valence-corrected chi connectivity index (χ4v) is 1.55. The van der Waals surface area contributed by atoms with Gasteiger partial charge in [0.25, 0.3) is 0 Å². The van der Waals surface area contributed by atoms with E-state index >= 15 is 0 Å². The molecule has 0 aliphatic heterocycles. The Balaban J connectivity index is 2.34. The van der Waals surface area contributed by atoms with E-state index in [2.05, 4.69) is 15.4 Å². The monoisotopic (exact) mass is 270 g/mol. The van der Waals surface area contributed by atoms with E-state index in [0.717, 1.165) is 11.6 Å². The second-order valence-electron chi connectivity index (χ2n) is 4.30. The molecule has 0 amide bonds. The van der Waals surface area contributed by atoms with Crippen LogP contribution in [-0.2, 0) is 6.18 Å². The molecule has 0 aromatic carbocycles. The van der Waals surface area contributed by atoms with Crippen LogP contribution in [0, 0.1) is 0 Å². The lowest BCUT2D eigenvalue weighted by atomic mass is 10.3. The fourth-order valence-electron chi connectivity index (χ4n) is 1.55. The van der Waals surface area contributed by atoms with Gasteiger partial charge in [0.15, 0.2) is 11.5 Å². The zero-order chi connectivity index (χ0) is 14.0. The summed E-state index contributed by atoms with van der Waals surface area (Å²) in [5.41, 5.74) is 0.492. The molecule has 0 radical (unpaired) electrons. The summed E-state index contributed by atoms with van der Waals surface area (Å²) in [5, 5.41) is 6.45. The molecular weight excluding hydrogens is 257 g/mol. The Kier molecular flexibility index (Phi) is 3.46. The predicted octanol–water partition coefficient (Wildman–Crippen LogP) is 3.13. The minimum Gasteiger partial charge on any atom is -0.365 e. The first-order chi connectivity index (χ1) is 8.88. The van der Waals surface area contributed by atoms with Crippen LogP contribution in [0.1, 0.15) is 19.5 Å². The van der Waals surface area contributed by atoms with Gasteiger partial charge in [-0.25, -0.2) is 9.50 Å². The Morgan fingerprint density at radius 2 is 2.16 bits per heavy atom. The number of aromatic nitrogens is 3. The fraction of sp³-hybridized carbons (Fsp3) is 0.333. The molecule has 0 atom stereocenters. The van der Waals surface area contributed by atoms with Crippen LogP contribution < -0.4 is 5.32 Å². The number of nitrogens with zero attached hydrogens (tertiary/aromatic N) is 3. The lowest BCUT2D eigenvalue weighted by Crippen LogP contribution is -2.05. The summed E-state index contributed by atoms with van der Waals surface area (Å²) in [5.74, 6) is 0.378. The number of alkyl halides is 3. The topological polar surface area (TPSA) is 42.2 Å². The molecule has 0 unspecified atom stereocenters. The predicted molar refractivity (Wildman–Crippen MR) is 65.9 cm³/mol. The summed E-state index contributed by atoms with van der Waals surface area (Å²) < 4.78 is 38.9. The lowest BCUT2D eigenvalue weighted by molar-refractivity contribution is -0.141. The average Bonchev–Trinajstić information content (AvgIpc) is 2.72. The van der Waals surface area contributed by atoms with Crippen LogP contribution in [0.3, 0.4) is 0 Å². The molecule has 2 aromatic heterocycles. The first kappa shape index (κ1) is 13.4. The van der Waals surface area contributed by atoms with Crippen LogP contribution in [-0.4, -0.2) is 21.1 Å². The van der Waals surface area contributed by atoms with Crippen LogP contribution in [0.4, 0.5) is 19.0 Å². The normalized spacial score (nSPS) is 11.6. The molecule has 0 aliphatic carbocycles. The van der Waals surface area contributed by atoms with Crippen molar-refractivity contribution in [2.45, 2.75) is 20.0 Å². The van der Waals surface area contributed by atoms with Crippen LogP contribution in [0.5, 0.6) is 0 Å². The van der Waals surface area contributed by atoms with E-state index < -0.39 is 11.9 Å². The number of hydrogen-bond donors (Lipinski definition) is 1. The minimum atomic E-state index is -4.46. The summed E-state index contributed by atoms with van der Waals surface area (Å²) in [6.45, 7) is 4.38. The van der Waals surface area contributed by atoms with Crippen molar-refractivity contribution < 1.29 is 13.2 Å². The van der Waals surface area contributed by atoms with Gasteiger partial charge in [0.1, 0.15) is 5.52 Å². The Morgan fingerprint density at radius 3 is 2.79 bits per heavy atom. The largest absolute Gasteiger partial charge is 0.435 e. The van der Waals surface area contributed by atoms with E-state index in [1.54, 1.807) is 0 Å². The molecule has 102 valence electrons. The van der Waals surface area contributed by atoms with E-state index in [9.17, 15) is 13.2 Å². The van der Waals surface area contributed by atoms with Gasteiger partial charge in [-0.2, -0.15) is 18.3 Å². The van der Waals surface area contributed by atoms with Crippen molar-refractivity contribution in [3.63, 3.8) is 0 Å². The van der Waals surface area contributed by atoms with Crippen molar-refractivity contribution in [2.75, 3.05) is 11.9 Å². The Morgan fingerprint density at radius 1 is 1.42 bits per heavy atom. The second kappa shape index (κ2) is 4.91. The number of nitrogens with one attached hydrogen (secondary N) is 1. The number of allylic oxidation sites excluding steroid dienone is 1. The SMILES string of the molecule is CC(C)=CCNc1nccn2nc(C(F)(F)F)cc12. The summed E-state index contributed by atoms with van der Waals surface area (Å²) in [6, 6.07) is 0.984. The number of anilines is 1. The van der Waals surface area contributed by atoms with E-state index in [-0.39, 0.29) is 0 Å². The standard InChI is InChI=1S/C12H13F3N4/c1-8(2)3-4-16-11-9-7-10(12(13,14)15)18-19(9)6-5-17-11/h3,5-7H,4H2,1-2H3,(H,16,17). The van der Waals surface area contributed by atoms with E-state index in [4.69, 9.17) is 0 Å². The molecule has 0 saturated heterocycles. The maximum absolute atomic E-state index is 12.6. The molecule has 0 bridgehead atoms. The maximum atomic E-state index is 12.6. The Labute approximate surface area is 108 Å². The van der Waals surface area contributed by atoms with Gasteiger partial charge >= 0.3 is 6.18 Å². The van der Waals surface area contributed by atoms with E-state index in [1.807, 2.05) is 19.9 Å². The number of fused-ring (bicyclic) bond motifs is 1. The molecule has 1 N–H and O–H groups in total. The summed E-state index contributed by atoms with van der Waals surface area (Å²) in [4.78, 5) is 4.03. The van der Waals surface area contributed by atoms with Gasteiger partial charge in [-0.05, 0) is 13.8 Å². The first-order valence-electron chi connectivity index (χ1n) is 5.67. The highest BCUT2D eigenvalue weighted by Crippen LogP contribution is 2.29. The lowest BCUT2D eigenvalue weighted by Gasteiger charge is -2.04. The minimum absolute atomic E-state index is 0.303. The van der Waals surface area contributed by atoms with Crippen molar-refractivity contribution in [1.82, 2.24) is 14.6 Å². The molecule has 0 saturated carbocycles. The number of rotatable bonds is 3. The first-order valence-corrected chi connectivity index (χ1v) is 5.67. The number of halogens is 3. The summed E-state index contributed by atoms with van der Waals surface area (Å²) >= 11 is 0. The van der Waals surface area contributed by atoms with Gasteiger partial charge in [0.2, 0.25) is 0 Å². The van der Waals surface area contributed by atoms with Crippen LogP contribution in [0.2, 0.25) is 0 Å². The molecule has 2 heterocycles. The highest BCUT2D eigenvalue weighted by atomic mass is 19.4. The zero-order valence-corrected chi connectivity index (χ0v) is 10.5. The molecule has 2 aromatic rings. The smallest absolute Gasteiger partial charge is 0.365 e. The van der Waals surface area contributed by atoms with Gasteiger partial charge < -0.3 is 5.32 Å². The molecule has 0 aliphatic rings. The van der Waals surface area contributed by atoms with Crippen LogP contribution in [0.15, 0.2) is 30.1 Å². The zero-order valence-electron chi connectivity index (χ0n) is 10.5. The van der Waals surface area contributed by atoms with Crippen molar-refractivity contribution in [2.24, 2.45) is 0 Å². The van der Waals surface area contributed by atoms with Gasteiger partial charge in [-0.15, -0.1) is 0 Å². The molecule has 0 fully saturated rings. The molecule has 7 heteroatoms. The molecule has 4 nitrogen and oxygen atoms in total. The summed E-state index contributed by atoms with van der Waals surface area (Å²) in [7, 11) is 0. The van der Waals surface area contributed by atoms with Gasteiger partial charge in [-0.1, -0.05) is 11.6 Å². The molecule has 2 rings (SSSR count). The number of hydrogen-bond acceptors (Lipinski definition) is 3. The molecule has 0 spiro atoms. The Bertz CT molecular complexity index is 609. The van der Waals surface area contributed by atoms with Crippen molar-refractivity contribution in [3.05, 3.63) is 35.8 Å². The van der Waals surface area contributed by atoms with Gasteiger partial charge in [0.05, 0.1) is 0 Å². The Hall–Kier alpha value is -2.05. The van der Waals surface area contributed by atoms with Crippen molar-refractivity contribution in [1.29, 1.82) is 0 Å². The second-order valence-corrected chi connectivity index (χ2v) is 4.30. The van der Waals surface area contributed by atoms with Crippen LogP contribution in [0.25, 0.3) is 5.52 Å². The third kappa shape index (κ3) is 3.04. The highest BCUT2D eigenvalue weighted by Gasteiger charge is 2.34. The van der Waals surface area contributed by atoms with Gasteiger partial charge in [-0.3, -0.25) is 0 Å². The third-order valence-electron chi connectivity index (χ3n) is 2.46. The maximum Gasteiger partial charge on any atom is 0.435 e. The molecular formula is C12H13F3N4. The van der Waals surface area contributed by atoms with Crippen LogP contribution >= 0.6 is 0 Å². The summed E-state index contributed by atoms with van der Waals surface area (Å²) in [6.07, 6.45) is 0.261. The van der Waals surface area contributed by atoms with Crippen molar-refractivity contribution in [3.8, 4) is 0 Å². The highest BCUT2D eigenvalue weighted by molar-refractivity contribution is 5.68. The average molecular weight is 270 g/mol. The molecule has 19 heavy (non-hydrogen) atoms. The quantitative estimate of drug-likeness (QED) is 0.871.